The SMILES string of the molecule is CCC(/C=C/C(O)CO[Si](c1ccccc1)(c1ccccc1)C(C)(C)C)CC. The van der Waals surface area contributed by atoms with Crippen molar-refractivity contribution < 1.29 is 9.53 Å². The Morgan fingerprint density at radius 3 is 1.71 bits per heavy atom. The molecule has 2 aromatic rings. The van der Waals surface area contributed by atoms with Crippen molar-refractivity contribution in [3.8, 4) is 0 Å². The van der Waals surface area contributed by atoms with Crippen LogP contribution in [-0.2, 0) is 4.43 Å². The lowest BCUT2D eigenvalue weighted by Crippen LogP contribution is -2.67. The van der Waals surface area contributed by atoms with Gasteiger partial charge in [-0.25, -0.2) is 0 Å². The van der Waals surface area contributed by atoms with E-state index in [0.717, 1.165) is 12.8 Å². The fourth-order valence-corrected chi connectivity index (χ4v) is 8.45. The van der Waals surface area contributed by atoms with Gasteiger partial charge in [-0.3, -0.25) is 0 Å². The van der Waals surface area contributed by atoms with Crippen LogP contribution >= 0.6 is 0 Å². The summed E-state index contributed by atoms with van der Waals surface area (Å²) in [6, 6.07) is 21.1. The van der Waals surface area contributed by atoms with Gasteiger partial charge < -0.3 is 9.53 Å². The zero-order chi connectivity index (χ0) is 20.6. The van der Waals surface area contributed by atoms with E-state index in [1.165, 1.54) is 10.4 Å². The molecule has 28 heavy (non-hydrogen) atoms. The van der Waals surface area contributed by atoms with Gasteiger partial charge in [-0.15, -0.1) is 0 Å². The Morgan fingerprint density at radius 1 is 0.857 bits per heavy atom. The highest BCUT2D eigenvalue weighted by molar-refractivity contribution is 6.99. The molecule has 0 bridgehead atoms. The molecule has 152 valence electrons. The molecule has 0 aliphatic heterocycles. The first-order valence-electron chi connectivity index (χ1n) is 10.5. The highest BCUT2D eigenvalue weighted by atomic mass is 28.4. The molecule has 2 aromatic carbocycles. The molecule has 1 N–H and O–H groups in total. The summed E-state index contributed by atoms with van der Waals surface area (Å²) in [5.74, 6) is 0.516. The van der Waals surface area contributed by atoms with Gasteiger partial charge in [0.15, 0.2) is 0 Å². The van der Waals surface area contributed by atoms with Crippen molar-refractivity contribution in [2.24, 2.45) is 5.92 Å². The third-order valence-corrected chi connectivity index (χ3v) is 10.5. The molecule has 0 amide bonds. The molecular formula is C25H36O2Si. The average molecular weight is 397 g/mol. The second kappa shape index (κ2) is 10.2. The number of aliphatic hydroxyl groups is 1. The first-order valence-corrected chi connectivity index (χ1v) is 12.4. The number of benzene rings is 2. The molecule has 1 atom stereocenters. The normalized spacial score (nSPS) is 14.0. The van der Waals surface area contributed by atoms with E-state index in [4.69, 9.17) is 4.43 Å². The van der Waals surface area contributed by atoms with Crippen LogP contribution in [0.1, 0.15) is 47.5 Å². The number of rotatable bonds is 9. The van der Waals surface area contributed by atoms with Crippen LogP contribution in [0.4, 0.5) is 0 Å². The third kappa shape index (κ3) is 5.22. The Hall–Kier alpha value is -1.68. The van der Waals surface area contributed by atoms with Crippen molar-refractivity contribution in [2.75, 3.05) is 6.61 Å². The minimum Gasteiger partial charge on any atom is -0.404 e. The van der Waals surface area contributed by atoms with E-state index >= 15 is 0 Å². The predicted molar refractivity (Wildman–Crippen MR) is 123 cm³/mol. The largest absolute Gasteiger partial charge is 0.404 e. The zero-order valence-corrected chi connectivity index (χ0v) is 19.1. The molecule has 0 saturated carbocycles. The zero-order valence-electron chi connectivity index (χ0n) is 18.1. The molecule has 0 spiro atoms. The van der Waals surface area contributed by atoms with Crippen LogP contribution in [-0.4, -0.2) is 26.1 Å². The van der Waals surface area contributed by atoms with E-state index in [2.05, 4.69) is 89.2 Å². The van der Waals surface area contributed by atoms with Crippen LogP contribution in [0.5, 0.6) is 0 Å². The molecule has 0 radical (unpaired) electrons. The second-order valence-corrected chi connectivity index (χ2v) is 12.8. The van der Waals surface area contributed by atoms with Crippen LogP contribution in [0.3, 0.4) is 0 Å². The van der Waals surface area contributed by atoms with Gasteiger partial charge in [-0.2, -0.15) is 0 Å². The second-order valence-electron chi connectivity index (χ2n) is 8.50. The fourth-order valence-electron chi connectivity index (χ4n) is 3.87. The van der Waals surface area contributed by atoms with E-state index in [9.17, 15) is 5.11 Å². The van der Waals surface area contributed by atoms with Gasteiger partial charge in [0.05, 0.1) is 12.7 Å². The third-order valence-electron chi connectivity index (χ3n) is 5.54. The Kier molecular flexibility index (Phi) is 8.23. The van der Waals surface area contributed by atoms with E-state index in [1.807, 2.05) is 18.2 Å². The first-order chi connectivity index (χ1) is 13.3. The Morgan fingerprint density at radius 2 is 1.32 bits per heavy atom. The standard InChI is InChI=1S/C25H36O2Si/c1-6-21(7-2)18-19-22(26)20-27-28(25(3,4)5,23-14-10-8-11-15-23)24-16-12-9-13-17-24/h8-19,21-22,26H,6-7,20H2,1-5H3/b19-18+. The molecule has 0 fully saturated rings. The molecule has 1 unspecified atom stereocenters. The number of aliphatic hydroxyl groups excluding tert-OH is 1. The summed E-state index contributed by atoms with van der Waals surface area (Å²) in [4.78, 5) is 0. The lowest BCUT2D eigenvalue weighted by Gasteiger charge is -2.43. The molecule has 0 aliphatic rings. The quantitative estimate of drug-likeness (QED) is 0.482. The maximum absolute atomic E-state index is 10.6. The maximum Gasteiger partial charge on any atom is 0.261 e. The van der Waals surface area contributed by atoms with Crippen LogP contribution in [0.2, 0.25) is 5.04 Å². The molecule has 0 aliphatic carbocycles. The van der Waals surface area contributed by atoms with Crippen molar-refractivity contribution >= 4 is 18.7 Å². The van der Waals surface area contributed by atoms with Gasteiger partial charge >= 0.3 is 0 Å². The Labute approximate surface area is 172 Å². The highest BCUT2D eigenvalue weighted by Crippen LogP contribution is 2.36. The first kappa shape index (κ1) is 22.6. The lowest BCUT2D eigenvalue weighted by atomic mass is 10.0. The maximum atomic E-state index is 10.6. The highest BCUT2D eigenvalue weighted by Gasteiger charge is 2.50. The minimum absolute atomic E-state index is 0.0749. The van der Waals surface area contributed by atoms with E-state index in [1.54, 1.807) is 0 Å². The Bertz CT molecular complexity index is 676. The number of hydrogen-bond acceptors (Lipinski definition) is 2. The van der Waals surface area contributed by atoms with Crippen LogP contribution < -0.4 is 10.4 Å². The molecule has 2 rings (SSSR count). The van der Waals surface area contributed by atoms with Crippen LogP contribution in [0, 0.1) is 5.92 Å². The van der Waals surface area contributed by atoms with Gasteiger partial charge in [0.2, 0.25) is 0 Å². The van der Waals surface area contributed by atoms with Gasteiger partial charge in [0.25, 0.3) is 8.32 Å². The molecule has 0 heterocycles. The topological polar surface area (TPSA) is 29.5 Å². The summed E-state index contributed by atoms with van der Waals surface area (Å²) in [6.07, 6.45) is 5.64. The van der Waals surface area contributed by atoms with E-state index in [0.29, 0.717) is 12.5 Å². The summed E-state index contributed by atoms with van der Waals surface area (Å²) in [5, 5.41) is 13.0. The summed E-state index contributed by atoms with van der Waals surface area (Å²) in [7, 11) is -2.58. The van der Waals surface area contributed by atoms with Crippen molar-refractivity contribution in [1.29, 1.82) is 0 Å². The van der Waals surface area contributed by atoms with Gasteiger partial charge in [0.1, 0.15) is 0 Å². The monoisotopic (exact) mass is 396 g/mol. The van der Waals surface area contributed by atoms with E-state index in [-0.39, 0.29) is 5.04 Å². The smallest absolute Gasteiger partial charge is 0.261 e. The minimum atomic E-state index is -2.58. The number of hydrogen-bond donors (Lipinski definition) is 1. The van der Waals surface area contributed by atoms with Gasteiger partial charge in [-0.1, -0.05) is 107 Å². The predicted octanol–water partition coefficient (Wildman–Crippen LogP) is 4.92. The summed E-state index contributed by atoms with van der Waals surface area (Å²) in [6.45, 7) is 11.4. The van der Waals surface area contributed by atoms with Crippen molar-refractivity contribution in [2.45, 2.75) is 58.6 Å². The average Bonchev–Trinajstić information content (AvgIpc) is 2.70. The van der Waals surface area contributed by atoms with E-state index < -0.39 is 14.4 Å². The molecule has 0 saturated heterocycles. The van der Waals surface area contributed by atoms with Crippen LogP contribution in [0.15, 0.2) is 72.8 Å². The summed E-state index contributed by atoms with van der Waals surface area (Å²) >= 11 is 0. The molecule has 3 heteroatoms. The molecule has 0 aromatic heterocycles. The molecular weight excluding hydrogens is 360 g/mol. The Balaban J connectivity index is 2.39. The van der Waals surface area contributed by atoms with Crippen molar-refractivity contribution in [3.05, 3.63) is 72.8 Å². The fraction of sp³-hybridized carbons (Fsp3) is 0.440. The van der Waals surface area contributed by atoms with Crippen molar-refractivity contribution in [1.82, 2.24) is 0 Å². The molecule has 2 nitrogen and oxygen atoms in total. The van der Waals surface area contributed by atoms with Gasteiger partial charge in [0, 0.05) is 0 Å². The van der Waals surface area contributed by atoms with Gasteiger partial charge in [-0.05, 0) is 34.2 Å². The lowest BCUT2D eigenvalue weighted by molar-refractivity contribution is 0.138. The van der Waals surface area contributed by atoms with Crippen molar-refractivity contribution in [3.63, 3.8) is 0 Å². The summed E-state index contributed by atoms with van der Waals surface area (Å²) in [5.41, 5.74) is 0. The number of allylic oxidation sites excluding steroid dienone is 1. The summed E-state index contributed by atoms with van der Waals surface area (Å²) < 4.78 is 6.77. The van der Waals surface area contributed by atoms with Crippen LogP contribution in [0.25, 0.3) is 0 Å².